The van der Waals surface area contributed by atoms with Crippen LogP contribution < -0.4 is 10.2 Å². The summed E-state index contributed by atoms with van der Waals surface area (Å²) in [7, 11) is 0. The molecule has 1 N–H and O–H groups in total. The highest BCUT2D eigenvalue weighted by molar-refractivity contribution is 5.78. The Morgan fingerprint density at radius 2 is 1.96 bits per heavy atom. The van der Waals surface area contributed by atoms with Crippen molar-refractivity contribution in [1.29, 1.82) is 0 Å². The Bertz CT molecular complexity index is 865. The fraction of sp³-hybridized carbons (Fsp3) is 0.333. The first-order valence-corrected chi connectivity index (χ1v) is 8.21. The number of halogens is 1. The minimum atomic E-state index is -0.274. The third-order valence-electron chi connectivity index (χ3n) is 4.36. The van der Waals surface area contributed by atoms with Gasteiger partial charge < -0.3 is 10.2 Å². The number of nitrogens with zero attached hydrogens (tertiary/aromatic N) is 4. The Morgan fingerprint density at radius 3 is 2.75 bits per heavy atom. The SMILES string of the molecule is C[C@@H]1CN(c2cc(F)cc(-c3cnn4ccccc34)n2)C[C@H](C)N1. The Kier molecular flexibility index (Phi) is 3.69. The molecule has 0 aromatic carbocycles. The van der Waals surface area contributed by atoms with Crippen LogP contribution in [-0.4, -0.2) is 39.8 Å². The van der Waals surface area contributed by atoms with Crippen LogP contribution in [0, 0.1) is 5.82 Å². The number of anilines is 1. The average Bonchev–Trinajstić information content (AvgIpc) is 2.97. The molecular formula is C18H20FN5. The molecule has 0 amide bonds. The van der Waals surface area contributed by atoms with Gasteiger partial charge in [-0.2, -0.15) is 5.10 Å². The van der Waals surface area contributed by atoms with Crippen molar-refractivity contribution in [1.82, 2.24) is 19.9 Å². The molecule has 6 heteroatoms. The third-order valence-corrected chi connectivity index (χ3v) is 4.36. The Hall–Kier alpha value is -2.47. The first-order chi connectivity index (χ1) is 11.6. The number of fused-ring (bicyclic) bond motifs is 1. The maximum Gasteiger partial charge on any atom is 0.132 e. The summed E-state index contributed by atoms with van der Waals surface area (Å²) in [5.41, 5.74) is 2.38. The molecule has 0 radical (unpaired) electrons. The lowest BCUT2D eigenvalue weighted by Gasteiger charge is -2.37. The summed E-state index contributed by atoms with van der Waals surface area (Å²) in [4.78, 5) is 6.87. The molecule has 0 saturated carbocycles. The molecule has 0 unspecified atom stereocenters. The standard InChI is InChI=1S/C18H20FN5/c1-12-10-23(11-13(2)21-12)18-8-14(19)7-16(22-18)15-9-20-24-6-4-3-5-17(15)24/h3-9,12-13,21H,10-11H2,1-2H3/t12-,13+. The summed E-state index contributed by atoms with van der Waals surface area (Å²) in [6.45, 7) is 5.90. The zero-order valence-corrected chi connectivity index (χ0v) is 13.8. The fourth-order valence-electron chi connectivity index (χ4n) is 3.43. The van der Waals surface area contributed by atoms with E-state index in [1.807, 2.05) is 24.4 Å². The zero-order chi connectivity index (χ0) is 16.7. The zero-order valence-electron chi connectivity index (χ0n) is 13.8. The Balaban J connectivity index is 1.76. The predicted molar refractivity (Wildman–Crippen MR) is 92.7 cm³/mol. The maximum atomic E-state index is 14.3. The lowest BCUT2D eigenvalue weighted by Crippen LogP contribution is -2.54. The van der Waals surface area contributed by atoms with Gasteiger partial charge in [-0.05, 0) is 26.0 Å². The van der Waals surface area contributed by atoms with E-state index in [0.29, 0.717) is 23.6 Å². The quantitative estimate of drug-likeness (QED) is 0.787. The fourth-order valence-corrected chi connectivity index (χ4v) is 3.43. The molecule has 1 aliphatic heterocycles. The number of piperazine rings is 1. The van der Waals surface area contributed by atoms with Gasteiger partial charge in [0.1, 0.15) is 11.6 Å². The van der Waals surface area contributed by atoms with Crippen molar-refractivity contribution < 1.29 is 4.39 Å². The van der Waals surface area contributed by atoms with E-state index < -0.39 is 0 Å². The first-order valence-electron chi connectivity index (χ1n) is 8.21. The maximum absolute atomic E-state index is 14.3. The van der Waals surface area contributed by atoms with Crippen LogP contribution in [-0.2, 0) is 0 Å². The molecule has 5 nitrogen and oxygen atoms in total. The minimum Gasteiger partial charge on any atom is -0.353 e. The van der Waals surface area contributed by atoms with E-state index in [0.717, 1.165) is 24.2 Å². The second-order valence-corrected chi connectivity index (χ2v) is 6.49. The van der Waals surface area contributed by atoms with E-state index in [1.54, 1.807) is 10.7 Å². The van der Waals surface area contributed by atoms with E-state index in [-0.39, 0.29) is 5.82 Å². The molecule has 0 aliphatic carbocycles. The van der Waals surface area contributed by atoms with Gasteiger partial charge in [0, 0.05) is 49.1 Å². The molecule has 1 aliphatic rings. The largest absolute Gasteiger partial charge is 0.353 e. The Labute approximate surface area is 140 Å². The second-order valence-electron chi connectivity index (χ2n) is 6.49. The Morgan fingerprint density at radius 1 is 1.17 bits per heavy atom. The lowest BCUT2D eigenvalue weighted by atomic mass is 10.1. The topological polar surface area (TPSA) is 45.5 Å². The lowest BCUT2D eigenvalue weighted by molar-refractivity contribution is 0.405. The van der Waals surface area contributed by atoms with Crippen molar-refractivity contribution in [2.24, 2.45) is 0 Å². The highest BCUT2D eigenvalue weighted by Gasteiger charge is 2.23. The monoisotopic (exact) mass is 325 g/mol. The van der Waals surface area contributed by atoms with Crippen LogP contribution in [0.15, 0.2) is 42.7 Å². The van der Waals surface area contributed by atoms with Crippen LogP contribution in [0.3, 0.4) is 0 Å². The van der Waals surface area contributed by atoms with Crippen molar-refractivity contribution in [3.05, 3.63) is 48.5 Å². The van der Waals surface area contributed by atoms with E-state index in [1.165, 1.54) is 12.1 Å². The van der Waals surface area contributed by atoms with E-state index in [9.17, 15) is 4.39 Å². The van der Waals surface area contributed by atoms with E-state index >= 15 is 0 Å². The molecule has 3 aromatic heterocycles. The highest BCUT2D eigenvalue weighted by atomic mass is 19.1. The summed E-state index contributed by atoms with van der Waals surface area (Å²) in [6, 6.07) is 9.50. The normalized spacial score (nSPS) is 21.4. The van der Waals surface area contributed by atoms with E-state index in [4.69, 9.17) is 4.98 Å². The first kappa shape index (κ1) is 15.1. The molecule has 0 bridgehead atoms. The van der Waals surface area contributed by atoms with Gasteiger partial charge in [-0.15, -0.1) is 0 Å². The van der Waals surface area contributed by atoms with Gasteiger partial charge in [0.2, 0.25) is 0 Å². The number of rotatable bonds is 2. The van der Waals surface area contributed by atoms with Gasteiger partial charge in [-0.3, -0.25) is 0 Å². The molecule has 4 rings (SSSR count). The summed E-state index contributed by atoms with van der Waals surface area (Å²) in [5, 5.41) is 7.80. The molecule has 1 fully saturated rings. The van der Waals surface area contributed by atoms with Gasteiger partial charge in [0.15, 0.2) is 0 Å². The van der Waals surface area contributed by atoms with Crippen molar-refractivity contribution in [2.45, 2.75) is 25.9 Å². The van der Waals surface area contributed by atoms with Gasteiger partial charge in [0.25, 0.3) is 0 Å². The van der Waals surface area contributed by atoms with Gasteiger partial charge >= 0.3 is 0 Å². The van der Waals surface area contributed by atoms with Crippen molar-refractivity contribution in [3.8, 4) is 11.3 Å². The van der Waals surface area contributed by atoms with Crippen molar-refractivity contribution in [2.75, 3.05) is 18.0 Å². The summed E-state index contributed by atoms with van der Waals surface area (Å²) >= 11 is 0. The van der Waals surface area contributed by atoms with Crippen LogP contribution in [0.25, 0.3) is 16.8 Å². The predicted octanol–water partition coefficient (Wildman–Crippen LogP) is 2.72. The van der Waals surface area contributed by atoms with Crippen LogP contribution in [0.2, 0.25) is 0 Å². The van der Waals surface area contributed by atoms with Crippen molar-refractivity contribution >= 4 is 11.3 Å². The molecule has 124 valence electrons. The minimum absolute atomic E-state index is 0.274. The highest BCUT2D eigenvalue weighted by Crippen LogP contribution is 2.27. The number of nitrogens with one attached hydrogen (secondary N) is 1. The molecule has 4 heterocycles. The molecule has 3 aromatic rings. The van der Waals surface area contributed by atoms with Crippen LogP contribution >= 0.6 is 0 Å². The molecular weight excluding hydrogens is 305 g/mol. The van der Waals surface area contributed by atoms with Gasteiger partial charge in [-0.25, -0.2) is 13.9 Å². The van der Waals surface area contributed by atoms with Gasteiger partial charge in [0.05, 0.1) is 17.4 Å². The van der Waals surface area contributed by atoms with Crippen molar-refractivity contribution in [3.63, 3.8) is 0 Å². The third kappa shape index (κ3) is 2.73. The second kappa shape index (κ2) is 5.87. The molecule has 24 heavy (non-hydrogen) atoms. The average molecular weight is 325 g/mol. The van der Waals surface area contributed by atoms with Gasteiger partial charge in [-0.1, -0.05) is 6.07 Å². The van der Waals surface area contributed by atoms with E-state index in [2.05, 4.69) is 29.2 Å². The summed E-state index contributed by atoms with van der Waals surface area (Å²) < 4.78 is 16.0. The summed E-state index contributed by atoms with van der Waals surface area (Å²) in [5.74, 6) is 0.407. The smallest absolute Gasteiger partial charge is 0.132 e. The van der Waals surface area contributed by atoms with Crippen LogP contribution in [0.4, 0.5) is 10.2 Å². The molecule has 0 spiro atoms. The molecule has 2 atom stereocenters. The molecule has 1 saturated heterocycles. The summed E-state index contributed by atoms with van der Waals surface area (Å²) in [6.07, 6.45) is 3.61. The number of aromatic nitrogens is 3. The number of hydrogen-bond acceptors (Lipinski definition) is 4. The number of hydrogen-bond donors (Lipinski definition) is 1. The number of pyridine rings is 2. The van der Waals surface area contributed by atoms with Crippen LogP contribution in [0.5, 0.6) is 0 Å². The van der Waals surface area contributed by atoms with Crippen LogP contribution in [0.1, 0.15) is 13.8 Å².